The van der Waals surface area contributed by atoms with Gasteiger partial charge in [0.05, 0.1) is 41.1 Å². The number of Topliss-reactive ketones (excluding diaryl/α,β-unsaturated/α-hetero) is 1. The number of hydrogen-bond acceptors (Lipinski definition) is 7. The van der Waals surface area contributed by atoms with Crippen LogP contribution in [-0.4, -0.2) is 41.5 Å². The van der Waals surface area contributed by atoms with Gasteiger partial charge in [-0.2, -0.15) is 0 Å². The fraction of sp³-hybridized carbons (Fsp3) is 0.185. The second-order valence-electron chi connectivity index (χ2n) is 8.08. The minimum absolute atomic E-state index is 0.0378. The van der Waals surface area contributed by atoms with E-state index in [1.54, 1.807) is 36.4 Å². The minimum atomic E-state index is -1.12. The number of aromatic nitrogens is 1. The summed E-state index contributed by atoms with van der Waals surface area (Å²) >= 11 is 12.4. The highest BCUT2D eigenvalue weighted by molar-refractivity contribution is 6.52. The molecular weight excluding hydrogens is 519 g/mol. The van der Waals surface area contributed by atoms with E-state index in [4.69, 9.17) is 32.7 Å². The normalized spacial score (nSPS) is 16.6. The first kappa shape index (κ1) is 26.2. The Balaban J connectivity index is 1.92. The Morgan fingerprint density at radius 2 is 1.89 bits per heavy atom. The monoisotopic (exact) mass is 540 g/mol. The minimum Gasteiger partial charge on any atom is -0.507 e. The molecule has 10 heteroatoms. The van der Waals surface area contributed by atoms with Crippen LogP contribution in [0.2, 0.25) is 10.0 Å². The van der Waals surface area contributed by atoms with Crippen LogP contribution in [0.25, 0.3) is 5.76 Å². The summed E-state index contributed by atoms with van der Waals surface area (Å²) in [7, 11) is 1.35. The molecule has 1 fully saturated rings. The second kappa shape index (κ2) is 11.0. The quantitative estimate of drug-likeness (QED) is 0.180. The lowest BCUT2D eigenvalue weighted by molar-refractivity contribution is -0.132. The summed E-state index contributed by atoms with van der Waals surface area (Å²) in [6.07, 6.45) is 2.15. The van der Waals surface area contributed by atoms with Crippen molar-refractivity contribution in [3.63, 3.8) is 0 Å². The average molecular weight is 541 g/mol. The average Bonchev–Trinajstić information content (AvgIpc) is 3.17. The maximum atomic E-state index is 13.4. The lowest BCUT2D eigenvalue weighted by atomic mass is 9.97. The first-order valence-corrected chi connectivity index (χ1v) is 12.1. The zero-order valence-corrected chi connectivity index (χ0v) is 21.4. The third-order valence-corrected chi connectivity index (χ3v) is 6.18. The van der Waals surface area contributed by atoms with Crippen molar-refractivity contribution in [3.8, 4) is 5.75 Å². The second-order valence-corrected chi connectivity index (χ2v) is 8.92. The van der Waals surface area contributed by atoms with E-state index in [1.165, 1.54) is 36.4 Å². The van der Waals surface area contributed by atoms with Crippen LogP contribution in [-0.2, 0) is 14.3 Å². The Labute approximate surface area is 223 Å². The molecule has 1 aliphatic heterocycles. The molecule has 1 aliphatic rings. The number of anilines is 1. The number of esters is 1. The molecule has 0 spiro atoms. The smallest absolute Gasteiger partial charge is 0.338 e. The summed E-state index contributed by atoms with van der Waals surface area (Å²) in [5.41, 5.74) is 0.569. The summed E-state index contributed by atoms with van der Waals surface area (Å²) in [4.78, 5) is 44.8. The predicted molar refractivity (Wildman–Crippen MR) is 139 cm³/mol. The lowest BCUT2D eigenvalue weighted by Crippen LogP contribution is -2.30. The first-order valence-electron chi connectivity index (χ1n) is 11.3. The van der Waals surface area contributed by atoms with Crippen molar-refractivity contribution >= 4 is 52.3 Å². The van der Waals surface area contributed by atoms with Crippen molar-refractivity contribution in [2.45, 2.75) is 19.4 Å². The number of methoxy groups -OCH3 is 1. The van der Waals surface area contributed by atoms with Crippen molar-refractivity contribution in [2.24, 2.45) is 0 Å². The third kappa shape index (κ3) is 5.03. The fourth-order valence-electron chi connectivity index (χ4n) is 4.07. The van der Waals surface area contributed by atoms with Crippen molar-refractivity contribution in [3.05, 3.63) is 93.2 Å². The first-order chi connectivity index (χ1) is 17.8. The summed E-state index contributed by atoms with van der Waals surface area (Å²) in [6.45, 7) is 2.11. The molecule has 8 nitrogen and oxygen atoms in total. The van der Waals surface area contributed by atoms with Gasteiger partial charge in [0.25, 0.3) is 11.7 Å². The molecule has 190 valence electrons. The third-order valence-electron chi connectivity index (χ3n) is 5.68. The van der Waals surface area contributed by atoms with Gasteiger partial charge in [-0.3, -0.25) is 19.5 Å². The van der Waals surface area contributed by atoms with Gasteiger partial charge in [0.1, 0.15) is 17.6 Å². The van der Waals surface area contributed by atoms with Crippen LogP contribution < -0.4 is 9.64 Å². The highest BCUT2D eigenvalue weighted by Gasteiger charge is 2.48. The molecule has 1 amide bonds. The number of benzene rings is 2. The maximum Gasteiger partial charge on any atom is 0.338 e. The van der Waals surface area contributed by atoms with Gasteiger partial charge in [-0.05, 0) is 48.9 Å². The maximum absolute atomic E-state index is 13.4. The molecule has 1 N–H and O–H groups in total. The van der Waals surface area contributed by atoms with Gasteiger partial charge in [0.2, 0.25) is 0 Å². The largest absolute Gasteiger partial charge is 0.507 e. The van der Waals surface area contributed by atoms with Crippen LogP contribution in [0.1, 0.15) is 41.0 Å². The Hall–Kier alpha value is -3.88. The molecule has 1 aromatic heterocycles. The Bertz CT molecular complexity index is 1410. The molecule has 0 aliphatic carbocycles. The number of rotatable bonds is 7. The van der Waals surface area contributed by atoms with Gasteiger partial charge in [0.15, 0.2) is 0 Å². The number of nitrogens with zero attached hydrogens (tertiary/aromatic N) is 2. The summed E-state index contributed by atoms with van der Waals surface area (Å²) < 4.78 is 10.5. The van der Waals surface area contributed by atoms with Crippen molar-refractivity contribution in [1.29, 1.82) is 0 Å². The van der Waals surface area contributed by atoms with E-state index in [0.717, 1.165) is 0 Å². The van der Waals surface area contributed by atoms with Gasteiger partial charge in [0, 0.05) is 16.9 Å². The highest BCUT2D eigenvalue weighted by Crippen LogP contribution is 2.44. The van der Waals surface area contributed by atoms with E-state index < -0.39 is 29.5 Å². The van der Waals surface area contributed by atoms with Crippen molar-refractivity contribution in [2.75, 3.05) is 18.6 Å². The lowest BCUT2D eigenvalue weighted by Gasteiger charge is -2.25. The van der Waals surface area contributed by atoms with E-state index in [1.807, 2.05) is 6.92 Å². The molecule has 37 heavy (non-hydrogen) atoms. The Kier molecular flexibility index (Phi) is 7.80. The summed E-state index contributed by atoms with van der Waals surface area (Å²) in [5.74, 6) is -2.88. The number of aliphatic hydroxyl groups is 1. The number of carbonyl (C=O) groups excluding carboxylic acids is 3. The van der Waals surface area contributed by atoms with Gasteiger partial charge < -0.3 is 14.6 Å². The van der Waals surface area contributed by atoms with Crippen LogP contribution in [0.5, 0.6) is 5.75 Å². The molecule has 2 heterocycles. The molecule has 1 unspecified atom stereocenters. The molecule has 1 atom stereocenters. The Morgan fingerprint density at radius 3 is 2.57 bits per heavy atom. The van der Waals surface area contributed by atoms with Crippen LogP contribution in [0.4, 0.5) is 5.69 Å². The number of hydrogen-bond donors (Lipinski definition) is 1. The number of aliphatic hydroxyl groups excluding tert-OH is 1. The highest BCUT2D eigenvalue weighted by atomic mass is 35.5. The molecule has 3 aromatic rings. The standard InChI is InChI=1S/C27H22Cl2N2O6/c1-3-11-37-27(35)15-7-6-8-17(12-15)31-22(20-9-4-5-10-30-20)21(24(33)26(31)34)23(32)18-13-16(28)14-19(29)25(18)36-2/h4-10,12-14,22,32H,3,11H2,1-2H3/b23-21+. The van der Waals surface area contributed by atoms with Crippen LogP contribution in [0, 0.1) is 0 Å². The summed E-state index contributed by atoms with van der Waals surface area (Å²) in [5, 5.41) is 11.7. The van der Waals surface area contributed by atoms with Crippen molar-refractivity contribution < 1.29 is 29.0 Å². The molecule has 1 saturated heterocycles. The van der Waals surface area contributed by atoms with Crippen LogP contribution in [0.15, 0.2) is 66.4 Å². The van der Waals surface area contributed by atoms with E-state index in [0.29, 0.717) is 12.1 Å². The fourth-order valence-corrected chi connectivity index (χ4v) is 4.64. The zero-order valence-electron chi connectivity index (χ0n) is 19.9. The van der Waals surface area contributed by atoms with Gasteiger partial charge in [-0.15, -0.1) is 0 Å². The molecule has 0 saturated carbocycles. The van der Waals surface area contributed by atoms with Gasteiger partial charge in [-0.25, -0.2) is 4.79 Å². The van der Waals surface area contributed by atoms with Crippen LogP contribution in [0.3, 0.4) is 0 Å². The molecule has 0 radical (unpaired) electrons. The number of ether oxygens (including phenoxy) is 2. The van der Waals surface area contributed by atoms with Crippen molar-refractivity contribution in [1.82, 2.24) is 4.98 Å². The molecule has 2 aromatic carbocycles. The van der Waals surface area contributed by atoms with Gasteiger partial charge >= 0.3 is 5.97 Å². The number of pyridine rings is 1. The topological polar surface area (TPSA) is 106 Å². The molecule has 0 bridgehead atoms. The zero-order chi connectivity index (χ0) is 26.7. The Morgan fingerprint density at radius 1 is 1.11 bits per heavy atom. The summed E-state index contributed by atoms with van der Waals surface area (Å²) in [6, 6.07) is 12.8. The predicted octanol–water partition coefficient (Wildman–Crippen LogP) is 5.59. The SMILES string of the molecule is CCCOC(=O)c1cccc(N2C(=O)C(=O)/C(=C(/O)c3cc(Cl)cc(Cl)c3OC)C2c2ccccn2)c1. The molecular formula is C27H22Cl2N2O6. The van der Waals surface area contributed by atoms with Crippen LogP contribution >= 0.6 is 23.2 Å². The number of carbonyl (C=O) groups is 3. The van der Waals surface area contributed by atoms with E-state index in [9.17, 15) is 19.5 Å². The molecule has 4 rings (SSSR count). The number of ketones is 1. The van der Waals surface area contributed by atoms with E-state index >= 15 is 0 Å². The number of halogens is 2. The number of amides is 1. The van der Waals surface area contributed by atoms with Gasteiger partial charge in [-0.1, -0.05) is 42.3 Å². The van der Waals surface area contributed by atoms with E-state index in [2.05, 4.69) is 4.98 Å². The van der Waals surface area contributed by atoms with E-state index in [-0.39, 0.29) is 44.8 Å².